The lowest BCUT2D eigenvalue weighted by Gasteiger charge is -2.29. The Hall–Kier alpha value is -3.75. The standard InChI is InChI=1S/C28H29N5O3/c1-2-36-28(34)24-16-23(19-8-10-21(11-9-19)32-12-14-35-15-13-32)25-26(20-17-29-18-20)31-33(27(25)30-24)22-6-4-3-5-7-22/h3-11,16,20,29H,2,12-15,17-18H2,1H3. The molecule has 2 aliphatic heterocycles. The summed E-state index contributed by atoms with van der Waals surface area (Å²) in [5, 5.41) is 9.39. The third-order valence-electron chi connectivity index (χ3n) is 6.87. The lowest BCUT2D eigenvalue weighted by molar-refractivity contribution is 0.0520. The average Bonchev–Trinajstić information content (AvgIpc) is 3.27. The van der Waals surface area contributed by atoms with E-state index in [0.717, 1.165) is 67.3 Å². The van der Waals surface area contributed by atoms with E-state index in [1.54, 1.807) is 6.92 Å². The molecular weight excluding hydrogens is 454 g/mol. The SMILES string of the molecule is CCOC(=O)c1cc(-c2ccc(N3CCOCC3)cc2)c2c(C3CNC3)nn(-c3ccccc3)c2n1. The highest BCUT2D eigenvalue weighted by atomic mass is 16.5. The summed E-state index contributed by atoms with van der Waals surface area (Å²) in [5.74, 6) is -0.141. The molecule has 2 saturated heterocycles. The first-order valence-corrected chi connectivity index (χ1v) is 12.5. The van der Waals surface area contributed by atoms with E-state index < -0.39 is 5.97 Å². The third kappa shape index (κ3) is 4.12. The van der Waals surface area contributed by atoms with Crippen LogP contribution < -0.4 is 10.2 Å². The first-order chi connectivity index (χ1) is 17.7. The topological polar surface area (TPSA) is 81.5 Å². The molecule has 36 heavy (non-hydrogen) atoms. The fourth-order valence-electron chi connectivity index (χ4n) is 4.87. The minimum Gasteiger partial charge on any atom is -0.461 e. The lowest BCUT2D eigenvalue weighted by atomic mass is 9.92. The van der Waals surface area contributed by atoms with Crippen LogP contribution in [0.25, 0.3) is 27.8 Å². The molecule has 2 aliphatic rings. The molecule has 0 unspecified atom stereocenters. The Morgan fingerprint density at radius 1 is 1.06 bits per heavy atom. The van der Waals surface area contributed by atoms with Crippen LogP contribution >= 0.6 is 0 Å². The first kappa shape index (κ1) is 22.7. The Morgan fingerprint density at radius 2 is 1.81 bits per heavy atom. The number of benzene rings is 2. The molecule has 0 radical (unpaired) electrons. The number of nitrogens with one attached hydrogen (secondary N) is 1. The number of hydrogen-bond donors (Lipinski definition) is 1. The van der Waals surface area contributed by atoms with Crippen molar-refractivity contribution >= 4 is 22.7 Å². The fraction of sp³-hybridized carbons (Fsp3) is 0.321. The average molecular weight is 484 g/mol. The minimum atomic E-state index is -0.432. The second kappa shape index (κ2) is 9.72. The van der Waals surface area contributed by atoms with Crippen LogP contribution in [0.2, 0.25) is 0 Å². The summed E-state index contributed by atoms with van der Waals surface area (Å²) >= 11 is 0. The highest BCUT2D eigenvalue weighted by molar-refractivity contribution is 6.00. The Morgan fingerprint density at radius 3 is 2.47 bits per heavy atom. The van der Waals surface area contributed by atoms with Crippen LogP contribution in [0.3, 0.4) is 0 Å². The smallest absolute Gasteiger partial charge is 0.357 e. The van der Waals surface area contributed by atoms with Crippen molar-refractivity contribution < 1.29 is 14.3 Å². The Bertz CT molecular complexity index is 1370. The van der Waals surface area contributed by atoms with Crippen molar-refractivity contribution in [3.63, 3.8) is 0 Å². The second-order valence-corrected chi connectivity index (χ2v) is 9.11. The van der Waals surface area contributed by atoms with Crippen molar-refractivity contribution in [1.29, 1.82) is 0 Å². The van der Waals surface area contributed by atoms with Crippen LogP contribution in [0.5, 0.6) is 0 Å². The molecule has 8 nitrogen and oxygen atoms in total. The van der Waals surface area contributed by atoms with Gasteiger partial charge in [0, 0.05) is 37.8 Å². The maximum Gasteiger partial charge on any atom is 0.357 e. The molecule has 1 N–H and O–H groups in total. The van der Waals surface area contributed by atoms with Gasteiger partial charge in [-0.2, -0.15) is 5.10 Å². The number of pyridine rings is 1. The van der Waals surface area contributed by atoms with Gasteiger partial charge >= 0.3 is 5.97 Å². The molecular formula is C28H29N5O3. The molecule has 2 fully saturated rings. The van der Waals surface area contributed by atoms with Crippen LogP contribution in [0, 0.1) is 0 Å². The van der Waals surface area contributed by atoms with Crippen molar-refractivity contribution in [1.82, 2.24) is 20.1 Å². The zero-order valence-corrected chi connectivity index (χ0v) is 20.3. The van der Waals surface area contributed by atoms with Gasteiger partial charge in [0.15, 0.2) is 11.3 Å². The summed E-state index contributed by atoms with van der Waals surface area (Å²) in [6.07, 6.45) is 0. The number of anilines is 1. The van der Waals surface area contributed by atoms with Crippen LogP contribution in [0.1, 0.15) is 29.0 Å². The molecule has 0 bridgehead atoms. The Kier molecular flexibility index (Phi) is 6.13. The number of nitrogens with zero attached hydrogens (tertiary/aromatic N) is 4. The molecule has 0 atom stereocenters. The quantitative estimate of drug-likeness (QED) is 0.418. The summed E-state index contributed by atoms with van der Waals surface area (Å²) in [7, 11) is 0. The van der Waals surface area contributed by atoms with Crippen molar-refractivity contribution in [3.8, 4) is 16.8 Å². The maximum absolute atomic E-state index is 12.8. The van der Waals surface area contributed by atoms with E-state index in [1.807, 2.05) is 41.1 Å². The molecule has 6 rings (SSSR count). The molecule has 2 aromatic heterocycles. The Balaban J connectivity index is 1.54. The third-order valence-corrected chi connectivity index (χ3v) is 6.87. The lowest BCUT2D eigenvalue weighted by Crippen LogP contribution is -2.40. The van der Waals surface area contributed by atoms with E-state index in [-0.39, 0.29) is 5.69 Å². The zero-order valence-electron chi connectivity index (χ0n) is 20.3. The molecule has 0 aliphatic carbocycles. The van der Waals surface area contributed by atoms with Gasteiger partial charge in [0.05, 0.1) is 36.6 Å². The number of carbonyl (C=O) groups excluding carboxylic acids is 1. The van der Waals surface area contributed by atoms with Crippen molar-refractivity contribution in [2.24, 2.45) is 0 Å². The monoisotopic (exact) mass is 483 g/mol. The van der Waals surface area contributed by atoms with Crippen LogP contribution in [-0.2, 0) is 9.47 Å². The molecule has 0 saturated carbocycles. The molecule has 2 aromatic carbocycles. The van der Waals surface area contributed by atoms with Crippen LogP contribution in [0.4, 0.5) is 5.69 Å². The van der Waals surface area contributed by atoms with E-state index >= 15 is 0 Å². The number of fused-ring (bicyclic) bond motifs is 1. The summed E-state index contributed by atoms with van der Waals surface area (Å²) in [4.78, 5) is 20.0. The number of para-hydroxylation sites is 1. The predicted molar refractivity (Wildman–Crippen MR) is 139 cm³/mol. The number of hydrogen-bond acceptors (Lipinski definition) is 7. The largest absolute Gasteiger partial charge is 0.461 e. The predicted octanol–water partition coefficient (Wildman–Crippen LogP) is 3.79. The molecule has 0 amide bonds. The fourth-order valence-corrected chi connectivity index (χ4v) is 4.87. The van der Waals surface area contributed by atoms with Gasteiger partial charge in [0.25, 0.3) is 0 Å². The molecule has 4 aromatic rings. The molecule has 0 spiro atoms. The number of esters is 1. The van der Waals surface area contributed by atoms with Gasteiger partial charge < -0.3 is 19.7 Å². The van der Waals surface area contributed by atoms with Crippen molar-refractivity contribution in [3.05, 3.63) is 72.1 Å². The van der Waals surface area contributed by atoms with Crippen molar-refractivity contribution in [2.75, 3.05) is 50.9 Å². The molecule has 184 valence electrons. The van der Waals surface area contributed by atoms with Crippen LogP contribution in [0.15, 0.2) is 60.7 Å². The van der Waals surface area contributed by atoms with Crippen LogP contribution in [-0.4, -0.2) is 66.7 Å². The number of aromatic nitrogens is 3. The maximum atomic E-state index is 12.8. The highest BCUT2D eigenvalue weighted by Crippen LogP contribution is 2.37. The van der Waals surface area contributed by atoms with Crippen molar-refractivity contribution in [2.45, 2.75) is 12.8 Å². The van der Waals surface area contributed by atoms with Gasteiger partial charge in [-0.1, -0.05) is 30.3 Å². The first-order valence-electron chi connectivity index (χ1n) is 12.5. The summed E-state index contributed by atoms with van der Waals surface area (Å²) in [5.41, 5.74) is 5.99. The van der Waals surface area contributed by atoms with Gasteiger partial charge in [-0.05, 0) is 48.4 Å². The Labute approximate surface area is 209 Å². The minimum absolute atomic E-state index is 0.284. The summed E-state index contributed by atoms with van der Waals surface area (Å²) in [6.45, 7) is 7.09. The number of rotatable bonds is 6. The van der Waals surface area contributed by atoms with Gasteiger partial charge in [-0.3, -0.25) is 0 Å². The molecule has 8 heteroatoms. The summed E-state index contributed by atoms with van der Waals surface area (Å²) in [6, 6.07) is 20.3. The van der Waals surface area contributed by atoms with Gasteiger partial charge in [-0.25, -0.2) is 14.5 Å². The zero-order chi connectivity index (χ0) is 24.5. The van der Waals surface area contributed by atoms with Gasteiger partial charge in [-0.15, -0.1) is 0 Å². The second-order valence-electron chi connectivity index (χ2n) is 9.11. The van der Waals surface area contributed by atoms with E-state index in [0.29, 0.717) is 18.2 Å². The highest BCUT2D eigenvalue weighted by Gasteiger charge is 2.29. The summed E-state index contributed by atoms with van der Waals surface area (Å²) < 4.78 is 12.7. The van der Waals surface area contributed by atoms with E-state index in [9.17, 15) is 4.79 Å². The molecule has 4 heterocycles. The number of ether oxygens (including phenoxy) is 2. The van der Waals surface area contributed by atoms with E-state index in [4.69, 9.17) is 19.6 Å². The van der Waals surface area contributed by atoms with Gasteiger partial charge in [0.2, 0.25) is 0 Å². The van der Waals surface area contributed by atoms with E-state index in [1.165, 1.54) is 5.69 Å². The van der Waals surface area contributed by atoms with E-state index in [2.05, 4.69) is 34.5 Å². The number of carbonyl (C=O) groups is 1. The number of morpholine rings is 1. The normalized spacial score (nSPS) is 16.2. The van der Waals surface area contributed by atoms with Gasteiger partial charge in [0.1, 0.15) is 0 Å².